The first kappa shape index (κ1) is 23.0. The molecule has 34 heavy (non-hydrogen) atoms. The highest BCUT2D eigenvalue weighted by Crippen LogP contribution is 2.44. The number of carbonyl (C=O) groups is 3. The van der Waals surface area contributed by atoms with Gasteiger partial charge in [0.25, 0.3) is 5.91 Å². The molecule has 0 unspecified atom stereocenters. The number of fused-ring (bicyclic) bond motifs is 3. The second kappa shape index (κ2) is 9.74. The van der Waals surface area contributed by atoms with Crippen LogP contribution in [-0.4, -0.2) is 35.7 Å². The maximum Gasteiger partial charge on any atom is 0.411 e. The van der Waals surface area contributed by atoms with Crippen LogP contribution in [0.1, 0.15) is 40.7 Å². The Bertz CT molecular complexity index is 1210. The zero-order valence-electron chi connectivity index (χ0n) is 18.4. The van der Waals surface area contributed by atoms with Crippen LogP contribution in [0.25, 0.3) is 11.1 Å². The molecule has 3 aromatic carbocycles. The summed E-state index contributed by atoms with van der Waals surface area (Å²) in [6.45, 7) is 1.63. The third-order valence-corrected chi connectivity index (χ3v) is 5.66. The van der Waals surface area contributed by atoms with Crippen molar-refractivity contribution in [2.45, 2.75) is 25.3 Å². The van der Waals surface area contributed by atoms with E-state index in [1.165, 1.54) is 19.1 Å². The molecule has 0 fully saturated rings. The molecular weight excluding hydrogens is 439 g/mol. The Balaban J connectivity index is 1.38. The number of ether oxygens (including phenoxy) is 1. The van der Waals surface area contributed by atoms with Crippen molar-refractivity contribution in [1.82, 2.24) is 5.32 Å². The van der Waals surface area contributed by atoms with Crippen molar-refractivity contribution in [3.8, 4) is 11.1 Å². The summed E-state index contributed by atoms with van der Waals surface area (Å²) in [4.78, 5) is 35.3. The maximum atomic E-state index is 14.5. The smallest absolute Gasteiger partial charge is 0.411 e. The third kappa shape index (κ3) is 4.91. The van der Waals surface area contributed by atoms with Gasteiger partial charge in [0.15, 0.2) is 0 Å². The predicted octanol–water partition coefficient (Wildman–Crippen LogP) is 4.78. The van der Waals surface area contributed by atoms with Crippen molar-refractivity contribution < 1.29 is 28.6 Å². The van der Waals surface area contributed by atoms with E-state index in [-0.39, 0.29) is 30.2 Å². The predicted molar refractivity (Wildman–Crippen MR) is 124 cm³/mol. The molecule has 3 aromatic rings. The summed E-state index contributed by atoms with van der Waals surface area (Å²) < 4.78 is 19.9. The molecule has 1 atom stereocenters. The van der Waals surface area contributed by atoms with Crippen LogP contribution in [0, 0.1) is 5.82 Å². The van der Waals surface area contributed by atoms with Gasteiger partial charge in [-0.3, -0.25) is 14.9 Å². The molecule has 0 aliphatic heterocycles. The van der Waals surface area contributed by atoms with Gasteiger partial charge >= 0.3 is 12.1 Å². The van der Waals surface area contributed by atoms with Gasteiger partial charge in [-0.1, -0.05) is 48.5 Å². The summed E-state index contributed by atoms with van der Waals surface area (Å²) in [6.07, 6.45) is -1.03. The quantitative estimate of drug-likeness (QED) is 0.469. The summed E-state index contributed by atoms with van der Waals surface area (Å²) in [5.41, 5.74) is 4.26. The molecule has 1 aliphatic rings. The van der Waals surface area contributed by atoms with Gasteiger partial charge in [0.05, 0.1) is 12.0 Å². The van der Waals surface area contributed by atoms with E-state index in [2.05, 4.69) is 10.6 Å². The standard InChI is InChI=1S/C26H23FN2O5/c1-15(12-24(30)31)28-25(32)21-11-10-16(13-23(21)27)29-26(33)34-14-22-19-8-4-2-6-17(19)18-7-3-5-9-20(18)22/h2-11,13,15,22H,12,14H2,1H3,(H,28,32)(H,29,33)(H,30,31)/t15-/m0/s1. The van der Waals surface area contributed by atoms with Crippen LogP contribution in [0.4, 0.5) is 14.9 Å². The normalized spacial score (nSPS) is 12.9. The summed E-state index contributed by atoms with van der Waals surface area (Å²) in [6, 6.07) is 18.9. The minimum Gasteiger partial charge on any atom is -0.481 e. The second-order valence-corrected chi connectivity index (χ2v) is 8.12. The zero-order valence-corrected chi connectivity index (χ0v) is 18.4. The Kier molecular flexibility index (Phi) is 6.58. The van der Waals surface area contributed by atoms with Crippen LogP contribution in [-0.2, 0) is 9.53 Å². The fourth-order valence-corrected chi connectivity index (χ4v) is 4.14. The fourth-order valence-electron chi connectivity index (χ4n) is 4.14. The molecule has 4 rings (SSSR count). The minimum absolute atomic E-state index is 0.103. The number of rotatable bonds is 7. The Morgan fingerprint density at radius 2 is 1.62 bits per heavy atom. The van der Waals surface area contributed by atoms with Gasteiger partial charge in [0.2, 0.25) is 0 Å². The molecule has 0 aromatic heterocycles. The highest BCUT2D eigenvalue weighted by atomic mass is 19.1. The molecule has 0 radical (unpaired) electrons. The molecular formula is C26H23FN2O5. The van der Waals surface area contributed by atoms with E-state index in [1.807, 2.05) is 48.5 Å². The lowest BCUT2D eigenvalue weighted by atomic mass is 9.98. The maximum absolute atomic E-state index is 14.5. The minimum atomic E-state index is -1.07. The SMILES string of the molecule is C[C@@H](CC(=O)O)NC(=O)c1ccc(NC(=O)OCC2c3ccccc3-c3ccccc32)cc1F. The van der Waals surface area contributed by atoms with Crippen molar-refractivity contribution in [2.75, 3.05) is 11.9 Å². The molecule has 0 saturated heterocycles. The van der Waals surface area contributed by atoms with Gasteiger partial charge in [-0.25, -0.2) is 9.18 Å². The molecule has 0 saturated carbocycles. The Morgan fingerprint density at radius 3 is 2.21 bits per heavy atom. The number of amides is 2. The number of nitrogens with one attached hydrogen (secondary N) is 2. The summed E-state index contributed by atoms with van der Waals surface area (Å²) in [5.74, 6) is -2.76. The van der Waals surface area contributed by atoms with E-state index in [9.17, 15) is 18.8 Å². The van der Waals surface area contributed by atoms with E-state index in [1.54, 1.807) is 0 Å². The molecule has 174 valence electrons. The van der Waals surface area contributed by atoms with Crippen LogP contribution < -0.4 is 10.6 Å². The van der Waals surface area contributed by atoms with E-state index in [0.717, 1.165) is 28.3 Å². The average Bonchev–Trinajstić information content (AvgIpc) is 3.11. The highest BCUT2D eigenvalue weighted by molar-refractivity contribution is 5.95. The third-order valence-electron chi connectivity index (χ3n) is 5.66. The number of hydrogen-bond donors (Lipinski definition) is 3. The molecule has 0 bridgehead atoms. The lowest BCUT2D eigenvalue weighted by molar-refractivity contribution is -0.137. The highest BCUT2D eigenvalue weighted by Gasteiger charge is 2.29. The van der Waals surface area contributed by atoms with E-state index in [0.29, 0.717) is 0 Å². The number of aliphatic carboxylic acids is 1. The number of anilines is 1. The first-order chi connectivity index (χ1) is 16.3. The van der Waals surface area contributed by atoms with Crippen LogP contribution >= 0.6 is 0 Å². The number of hydrogen-bond acceptors (Lipinski definition) is 4. The number of benzene rings is 3. The van der Waals surface area contributed by atoms with E-state index in [4.69, 9.17) is 9.84 Å². The number of carboxylic acid groups (broad SMARTS) is 1. The molecule has 1 aliphatic carbocycles. The summed E-state index contributed by atoms with van der Waals surface area (Å²) in [5, 5.41) is 13.7. The molecule has 3 N–H and O–H groups in total. The Morgan fingerprint density at radius 1 is 1.00 bits per heavy atom. The topological polar surface area (TPSA) is 105 Å². The lowest BCUT2D eigenvalue weighted by Gasteiger charge is -2.15. The van der Waals surface area contributed by atoms with E-state index < -0.39 is 29.8 Å². The fraction of sp³-hybridized carbons (Fsp3) is 0.192. The molecule has 8 heteroatoms. The lowest BCUT2D eigenvalue weighted by Crippen LogP contribution is -2.34. The van der Waals surface area contributed by atoms with Crippen molar-refractivity contribution >= 4 is 23.7 Å². The number of carboxylic acids is 1. The molecule has 7 nitrogen and oxygen atoms in total. The molecule has 2 amide bonds. The average molecular weight is 462 g/mol. The first-order valence-electron chi connectivity index (χ1n) is 10.8. The van der Waals surface area contributed by atoms with Gasteiger partial charge in [-0.05, 0) is 47.4 Å². The van der Waals surface area contributed by atoms with Crippen molar-refractivity contribution in [1.29, 1.82) is 0 Å². The van der Waals surface area contributed by atoms with Crippen LogP contribution in [0.3, 0.4) is 0 Å². The van der Waals surface area contributed by atoms with Crippen molar-refractivity contribution in [3.63, 3.8) is 0 Å². The van der Waals surface area contributed by atoms with Gasteiger partial charge in [0.1, 0.15) is 12.4 Å². The van der Waals surface area contributed by atoms with Crippen LogP contribution in [0.5, 0.6) is 0 Å². The van der Waals surface area contributed by atoms with E-state index >= 15 is 0 Å². The largest absolute Gasteiger partial charge is 0.481 e. The second-order valence-electron chi connectivity index (χ2n) is 8.12. The van der Waals surface area contributed by atoms with Gasteiger partial charge in [0, 0.05) is 17.6 Å². The number of carbonyl (C=O) groups excluding carboxylic acids is 2. The summed E-state index contributed by atoms with van der Waals surface area (Å²) >= 11 is 0. The molecule has 0 heterocycles. The monoisotopic (exact) mass is 462 g/mol. The van der Waals surface area contributed by atoms with Crippen molar-refractivity contribution in [3.05, 3.63) is 89.2 Å². The van der Waals surface area contributed by atoms with Gasteiger partial charge < -0.3 is 15.2 Å². The Hall–Kier alpha value is -4.20. The zero-order chi connectivity index (χ0) is 24.2. The van der Waals surface area contributed by atoms with Crippen LogP contribution in [0.2, 0.25) is 0 Å². The number of halogens is 1. The van der Waals surface area contributed by atoms with Crippen LogP contribution in [0.15, 0.2) is 66.7 Å². The van der Waals surface area contributed by atoms with Gasteiger partial charge in [-0.2, -0.15) is 0 Å². The molecule has 0 spiro atoms. The first-order valence-corrected chi connectivity index (χ1v) is 10.8. The Labute approximate surface area is 195 Å². The van der Waals surface area contributed by atoms with Gasteiger partial charge in [-0.15, -0.1) is 0 Å². The van der Waals surface area contributed by atoms with Crippen molar-refractivity contribution in [2.24, 2.45) is 0 Å². The summed E-state index contributed by atoms with van der Waals surface area (Å²) in [7, 11) is 0.